The number of amides is 2. The first kappa shape index (κ1) is 24.9. The lowest BCUT2D eigenvalue weighted by atomic mass is 10.1. The molecule has 2 aromatic rings. The standard InChI is InChI=1S/C25H33FN2O2S/c1-4-6-14-27-25(30)23(5-2)28(16-21-9-7-8-19(3)15-21)24(29)18-31-17-20-10-12-22(26)13-11-20/h7-13,15,23H,4-6,14,16-18H2,1-3H3,(H,27,30). The first-order valence-corrected chi connectivity index (χ1v) is 12.0. The van der Waals surface area contributed by atoms with Gasteiger partial charge >= 0.3 is 0 Å². The molecule has 0 radical (unpaired) electrons. The van der Waals surface area contributed by atoms with Gasteiger partial charge in [-0.05, 0) is 43.0 Å². The molecule has 2 rings (SSSR count). The minimum atomic E-state index is -0.503. The second-order valence-electron chi connectivity index (χ2n) is 7.70. The van der Waals surface area contributed by atoms with Crippen LogP contribution in [0.5, 0.6) is 0 Å². The van der Waals surface area contributed by atoms with Crippen molar-refractivity contribution in [3.05, 3.63) is 71.0 Å². The number of carbonyl (C=O) groups is 2. The fourth-order valence-electron chi connectivity index (χ4n) is 3.35. The van der Waals surface area contributed by atoms with E-state index in [2.05, 4.69) is 12.2 Å². The highest BCUT2D eigenvalue weighted by Gasteiger charge is 2.28. The van der Waals surface area contributed by atoms with Crippen molar-refractivity contribution in [2.45, 2.75) is 58.4 Å². The van der Waals surface area contributed by atoms with Gasteiger partial charge in [-0.25, -0.2) is 4.39 Å². The molecule has 4 nitrogen and oxygen atoms in total. The van der Waals surface area contributed by atoms with Gasteiger partial charge in [0.25, 0.3) is 0 Å². The SMILES string of the molecule is CCCCNC(=O)C(CC)N(Cc1cccc(C)c1)C(=O)CSCc1ccc(F)cc1. The second-order valence-corrected chi connectivity index (χ2v) is 8.68. The maximum absolute atomic E-state index is 13.2. The zero-order valence-corrected chi connectivity index (χ0v) is 19.5. The van der Waals surface area contributed by atoms with E-state index in [1.165, 1.54) is 23.9 Å². The van der Waals surface area contributed by atoms with E-state index in [1.807, 2.05) is 38.1 Å². The van der Waals surface area contributed by atoms with E-state index in [9.17, 15) is 14.0 Å². The fraction of sp³-hybridized carbons (Fsp3) is 0.440. The van der Waals surface area contributed by atoms with Gasteiger partial charge in [0.05, 0.1) is 5.75 Å². The Hall–Kier alpha value is -2.34. The summed E-state index contributed by atoms with van der Waals surface area (Å²) in [5, 5.41) is 2.98. The molecule has 168 valence electrons. The molecule has 0 fully saturated rings. The molecule has 2 aromatic carbocycles. The topological polar surface area (TPSA) is 49.4 Å². The lowest BCUT2D eigenvalue weighted by Crippen LogP contribution is -2.49. The van der Waals surface area contributed by atoms with Crippen molar-refractivity contribution in [3.63, 3.8) is 0 Å². The Morgan fingerprint density at radius 1 is 1.10 bits per heavy atom. The summed E-state index contributed by atoms with van der Waals surface area (Å²) in [4.78, 5) is 27.7. The summed E-state index contributed by atoms with van der Waals surface area (Å²) in [7, 11) is 0. The Kier molecular flexibility index (Phi) is 10.6. The number of unbranched alkanes of at least 4 members (excludes halogenated alkanes) is 1. The van der Waals surface area contributed by atoms with Gasteiger partial charge in [0.1, 0.15) is 11.9 Å². The van der Waals surface area contributed by atoms with Crippen LogP contribution in [-0.4, -0.2) is 35.1 Å². The van der Waals surface area contributed by atoms with Crippen LogP contribution in [-0.2, 0) is 21.9 Å². The number of halogens is 1. The Balaban J connectivity index is 2.09. The first-order valence-electron chi connectivity index (χ1n) is 10.9. The van der Waals surface area contributed by atoms with Crippen molar-refractivity contribution < 1.29 is 14.0 Å². The molecular weight excluding hydrogens is 411 g/mol. The molecule has 0 spiro atoms. The average Bonchev–Trinajstić information content (AvgIpc) is 2.75. The Morgan fingerprint density at radius 2 is 1.84 bits per heavy atom. The van der Waals surface area contributed by atoms with Gasteiger partial charge in [0.15, 0.2) is 0 Å². The number of rotatable bonds is 12. The molecule has 1 N–H and O–H groups in total. The molecule has 6 heteroatoms. The molecule has 0 bridgehead atoms. The summed E-state index contributed by atoms with van der Waals surface area (Å²) in [6, 6.07) is 13.8. The molecule has 0 aliphatic rings. The number of benzene rings is 2. The third-order valence-electron chi connectivity index (χ3n) is 5.06. The van der Waals surface area contributed by atoms with Crippen LogP contribution in [0.4, 0.5) is 4.39 Å². The Morgan fingerprint density at radius 3 is 2.48 bits per heavy atom. The van der Waals surface area contributed by atoms with Crippen LogP contribution < -0.4 is 5.32 Å². The number of thioether (sulfide) groups is 1. The maximum Gasteiger partial charge on any atom is 0.242 e. The molecule has 2 amide bonds. The van der Waals surface area contributed by atoms with Gasteiger partial charge in [-0.1, -0.05) is 62.2 Å². The van der Waals surface area contributed by atoms with Crippen molar-refractivity contribution in [1.29, 1.82) is 0 Å². The largest absolute Gasteiger partial charge is 0.354 e. The van der Waals surface area contributed by atoms with Crippen LogP contribution >= 0.6 is 11.8 Å². The molecule has 0 heterocycles. The number of hydrogen-bond acceptors (Lipinski definition) is 3. The van der Waals surface area contributed by atoms with Gasteiger partial charge in [-0.2, -0.15) is 0 Å². The molecule has 1 atom stereocenters. The molecule has 0 saturated carbocycles. The van der Waals surface area contributed by atoms with Gasteiger partial charge in [-0.15, -0.1) is 11.8 Å². The van der Waals surface area contributed by atoms with Crippen LogP contribution in [0.1, 0.15) is 49.8 Å². The predicted molar refractivity (Wildman–Crippen MR) is 126 cm³/mol. The zero-order valence-electron chi connectivity index (χ0n) is 18.7. The van der Waals surface area contributed by atoms with E-state index < -0.39 is 6.04 Å². The monoisotopic (exact) mass is 444 g/mol. The highest BCUT2D eigenvalue weighted by Crippen LogP contribution is 2.18. The summed E-state index contributed by atoms with van der Waals surface area (Å²) in [6.45, 7) is 7.06. The smallest absolute Gasteiger partial charge is 0.242 e. The minimum Gasteiger partial charge on any atom is -0.354 e. The average molecular weight is 445 g/mol. The summed E-state index contributed by atoms with van der Waals surface area (Å²) < 4.78 is 13.1. The van der Waals surface area contributed by atoms with E-state index in [-0.39, 0.29) is 23.4 Å². The van der Waals surface area contributed by atoms with Crippen molar-refractivity contribution in [2.75, 3.05) is 12.3 Å². The van der Waals surface area contributed by atoms with Crippen LogP contribution in [0.2, 0.25) is 0 Å². The highest BCUT2D eigenvalue weighted by molar-refractivity contribution is 7.99. The van der Waals surface area contributed by atoms with Crippen molar-refractivity contribution in [3.8, 4) is 0 Å². The third kappa shape index (κ3) is 8.37. The van der Waals surface area contributed by atoms with Crippen molar-refractivity contribution >= 4 is 23.6 Å². The molecule has 31 heavy (non-hydrogen) atoms. The first-order chi connectivity index (χ1) is 14.9. The number of nitrogens with zero attached hydrogens (tertiary/aromatic N) is 1. The molecule has 0 aliphatic heterocycles. The van der Waals surface area contributed by atoms with Crippen LogP contribution in [0.3, 0.4) is 0 Å². The van der Waals surface area contributed by atoms with E-state index >= 15 is 0 Å². The van der Waals surface area contributed by atoms with Crippen LogP contribution in [0, 0.1) is 12.7 Å². The van der Waals surface area contributed by atoms with Crippen molar-refractivity contribution in [1.82, 2.24) is 10.2 Å². The van der Waals surface area contributed by atoms with E-state index in [0.717, 1.165) is 29.5 Å². The van der Waals surface area contributed by atoms with E-state index in [4.69, 9.17) is 0 Å². The molecular formula is C25H33FN2O2S. The predicted octanol–water partition coefficient (Wildman–Crippen LogP) is 5.09. The minimum absolute atomic E-state index is 0.0638. The fourth-order valence-corrected chi connectivity index (χ4v) is 4.22. The molecule has 0 aliphatic carbocycles. The maximum atomic E-state index is 13.2. The summed E-state index contributed by atoms with van der Waals surface area (Å²) >= 11 is 1.48. The van der Waals surface area contributed by atoms with Gasteiger partial charge < -0.3 is 10.2 Å². The van der Waals surface area contributed by atoms with Crippen LogP contribution in [0.15, 0.2) is 48.5 Å². The van der Waals surface area contributed by atoms with Crippen LogP contribution in [0.25, 0.3) is 0 Å². The third-order valence-corrected chi connectivity index (χ3v) is 6.05. The molecule has 1 unspecified atom stereocenters. The molecule has 0 saturated heterocycles. The normalized spacial score (nSPS) is 11.7. The van der Waals surface area contributed by atoms with Gasteiger partial charge in [0.2, 0.25) is 11.8 Å². The lowest BCUT2D eigenvalue weighted by molar-refractivity contribution is -0.139. The molecule has 0 aromatic heterocycles. The number of hydrogen-bond donors (Lipinski definition) is 1. The quantitative estimate of drug-likeness (QED) is 0.464. The van der Waals surface area contributed by atoms with E-state index in [0.29, 0.717) is 25.3 Å². The van der Waals surface area contributed by atoms with Gasteiger partial charge in [0, 0.05) is 18.8 Å². The Bertz CT molecular complexity index is 842. The highest BCUT2D eigenvalue weighted by atomic mass is 32.2. The second kappa shape index (κ2) is 13.2. The summed E-state index contributed by atoms with van der Waals surface area (Å²) in [5.74, 6) is 0.451. The number of carbonyl (C=O) groups excluding carboxylic acids is 2. The van der Waals surface area contributed by atoms with E-state index in [1.54, 1.807) is 17.0 Å². The Labute approximate surface area is 189 Å². The summed E-state index contributed by atoms with van der Waals surface area (Å²) in [6.07, 6.45) is 2.47. The number of aryl methyl sites for hydroxylation is 1. The summed E-state index contributed by atoms with van der Waals surface area (Å²) in [5.41, 5.74) is 3.10. The van der Waals surface area contributed by atoms with Crippen molar-refractivity contribution in [2.24, 2.45) is 0 Å². The zero-order chi connectivity index (χ0) is 22.6. The number of nitrogens with one attached hydrogen (secondary N) is 1. The lowest BCUT2D eigenvalue weighted by Gasteiger charge is -2.30. The van der Waals surface area contributed by atoms with Gasteiger partial charge in [-0.3, -0.25) is 9.59 Å².